The number of amides is 2. The molecule has 2 N–H and O–H groups in total. The summed E-state index contributed by atoms with van der Waals surface area (Å²) in [5.41, 5.74) is 2.75. The zero-order chi connectivity index (χ0) is 19.2. The van der Waals surface area contributed by atoms with Crippen LogP contribution in [0.15, 0.2) is 42.5 Å². The first-order chi connectivity index (χ1) is 13.1. The summed E-state index contributed by atoms with van der Waals surface area (Å²) in [5.74, 6) is -0.0499. The van der Waals surface area contributed by atoms with E-state index in [9.17, 15) is 9.59 Å². The first-order valence-electron chi connectivity index (χ1n) is 9.20. The highest BCUT2D eigenvalue weighted by atomic mass is 16.6. The van der Waals surface area contributed by atoms with Gasteiger partial charge in [0.2, 0.25) is 0 Å². The summed E-state index contributed by atoms with van der Waals surface area (Å²) in [6, 6.07) is 13.2. The molecule has 3 rings (SSSR count). The van der Waals surface area contributed by atoms with Crippen molar-refractivity contribution in [3.05, 3.63) is 53.6 Å². The minimum absolute atomic E-state index is 0.191. The van der Waals surface area contributed by atoms with Crippen LogP contribution in [0.5, 0.6) is 11.5 Å². The van der Waals surface area contributed by atoms with Crippen LogP contribution in [-0.2, 0) is 22.4 Å². The van der Waals surface area contributed by atoms with E-state index in [0.29, 0.717) is 18.1 Å². The average Bonchev–Trinajstić information content (AvgIpc) is 2.71. The number of benzene rings is 2. The molecule has 2 amide bonds. The predicted molar refractivity (Wildman–Crippen MR) is 103 cm³/mol. The highest BCUT2D eigenvalue weighted by molar-refractivity contribution is 6.39. The number of para-hydroxylation sites is 3. The van der Waals surface area contributed by atoms with Crippen LogP contribution in [0.3, 0.4) is 0 Å². The molecule has 1 unspecified atom stereocenters. The second-order valence-corrected chi connectivity index (χ2v) is 6.32. The fourth-order valence-corrected chi connectivity index (χ4v) is 3.02. The molecule has 0 saturated carbocycles. The number of rotatable bonds is 5. The third kappa shape index (κ3) is 4.39. The Hall–Kier alpha value is -3.02. The Bertz CT molecular complexity index is 812. The van der Waals surface area contributed by atoms with Gasteiger partial charge in [0.05, 0.1) is 6.54 Å². The maximum atomic E-state index is 12.3. The number of hydrogen-bond acceptors (Lipinski definition) is 4. The SMILES string of the molecule is CCc1cccc(CC)c1NC(=O)C(=O)NCC1COc2ccccc2O1. The normalized spacial score (nSPS) is 15.1. The Kier molecular flexibility index (Phi) is 5.96. The molecule has 1 aliphatic rings. The maximum absolute atomic E-state index is 12.3. The molecule has 27 heavy (non-hydrogen) atoms. The smallest absolute Gasteiger partial charge is 0.313 e. The molecule has 142 valence electrons. The molecule has 0 saturated heterocycles. The van der Waals surface area contributed by atoms with E-state index in [0.717, 1.165) is 29.7 Å². The van der Waals surface area contributed by atoms with Crippen molar-refractivity contribution in [3.8, 4) is 11.5 Å². The summed E-state index contributed by atoms with van der Waals surface area (Å²) in [7, 11) is 0. The summed E-state index contributed by atoms with van der Waals surface area (Å²) >= 11 is 0. The van der Waals surface area contributed by atoms with Crippen molar-refractivity contribution < 1.29 is 19.1 Å². The molecule has 6 heteroatoms. The minimum atomic E-state index is -0.689. The number of carbonyl (C=O) groups is 2. The topological polar surface area (TPSA) is 76.7 Å². The Morgan fingerprint density at radius 1 is 0.963 bits per heavy atom. The van der Waals surface area contributed by atoms with Crippen LogP contribution in [0, 0.1) is 0 Å². The van der Waals surface area contributed by atoms with Crippen molar-refractivity contribution in [3.63, 3.8) is 0 Å². The van der Waals surface area contributed by atoms with Crippen LogP contribution in [0.1, 0.15) is 25.0 Å². The highest BCUT2D eigenvalue weighted by Gasteiger charge is 2.23. The molecule has 0 fully saturated rings. The van der Waals surface area contributed by atoms with E-state index in [4.69, 9.17) is 9.47 Å². The largest absolute Gasteiger partial charge is 0.486 e. The van der Waals surface area contributed by atoms with Gasteiger partial charge in [0.25, 0.3) is 0 Å². The van der Waals surface area contributed by atoms with E-state index in [1.165, 1.54) is 0 Å². The van der Waals surface area contributed by atoms with E-state index < -0.39 is 11.8 Å². The minimum Gasteiger partial charge on any atom is -0.486 e. The van der Waals surface area contributed by atoms with Crippen LogP contribution < -0.4 is 20.1 Å². The predicted octanol–water partition coefficient (Wildman–Crippen LogP) is 2.71. The van der Waals surface area contributed by atoms with Gasteiger partial charge in [-0.15, -0.1) is 0 Å². The Morgan fingerprint density at radius 2 is 1.63 bits per heavy atom. The zero-order valence-corrected chi connectivity index (χ0v) is 15.6. The fourth-order valence-electron chi connectivity index (χ4n) is 3.02. The van der Waals surface area contributed by atoms with Crippen LogP contribution in [-0.4, -0.2) is 31.1 Å². The summed E-state index contributed by atoms with van der Waals surface area (Å²) < 4.78 is 11.4. The van der Waals surface area contributed by atoms with Gasteiger partial charge in [-0.05, 0) is 36.1 Å². The number of nitrogens with one attached hydrogen (secondary N) is 2. The fraction of sp³-hybridized carbons (Fsp3) is 0.333. The molecule has 0 spiro atoms. The van der Waals surface area contributed by atoms with Gasteiger partial charge in [0, 0.05) is 5.69 Å². The first kappa shape index (κ1) is 18.8. The summed E-state index contributed by atoms with van der Waals surface area (Å²) in [6.07, 6.45) is 1.21. The number of ether oxygens (including phenoxy) is 2. The number of fused-ring (bicyclic) bond motifs is 1. The van der Waals surface area contributed by atoms with Crippen LogP contribution in [0.4, 0.5) is 5.69 Å². The molecule has 0 aliphatic carbocycles. The molecule has 1 atom stereocenters. The van der Waals surface area contributed by atoms with Gasteiger partial charge in [-0.2, -0.15) is 0 Å². The van der Waals surface area contributed by atoms with Gasteiger partial charge in [0.1, 0.15) is 12.7 Å². The van der Waals surface area contributed by atoms with Gasteiger partial charge in [-0.25, -0.2) is 0 Å². The molecular weight excluding hydrogens is 344 g/mol. The molecule has 0 bridgehead atoms. The summed E-state index contributed by atoms with van der Waals surface area (Å²) in [5, 5.41) is 5.38. The summed E-state index contributed by atoms with van der Waals surface area (Å²) in [6.45, 7) is 4.54. The van der Waals surface area contributed by atoms with E-state index >= 15 is 0 Å². The zero-order valence-electron chi connectivity index (χ0n) is 15.6. The lowest BCUT2D eigenvalue weighted by molar-refractivity contribution is -0.136. The molecular formula is C21H24N2O4. The standard InChI is InChI=1S/C21H24N2O4/c1-3-14-8-7-9-15(4-2)19(14)23-21(25)20(24)22-12-16-13-26-17-10-5-6-11-18(17)27-16/h5-11,16H,3-4,12-13H2,1-2H3,(H,22,24)(H,23,25). The van der Waals surface area contributed by atoms with Crippen LogP contribution in [0.25, 0.3) is 0 Å². The molecule has 0 aromatic heterocycles. The molecule has 2 aromatic carbocycles. The lowest BCUT2D eigenvalue weighted by Crippen LogP contribution is -2.44. The molecule has 0 radical (unpaired) electrons. The number of carbonyl (C=O) groups excluding carboxylic acids is 2. The van der Waals surface area contributed by atoms with E-state index in [-0.39, 0.29) is 12.6 Å². The Morgan fingerprint density at radius 3 is 2.30 bits per heavy atom. The van der Waals surface area contributed by atoms with Crippen molar-refractivity contribution in [1.82, 2.24) is 5.32 Å². The lowest BCUT2D eigenvalue weighted by atomic mass is 10.0. The van der Waals surface area contributed by atoms with Gasteiger partial charge < -0.3 is 20.1 Å². The van der Waals surface area contributed by atoms with Crippen molar-refractivity contribution in [1.29, 1.82) is 0 Å². The third-order valence-electron chi connectivity index (χ3n) is 4.50. The Labute approximate surface area is 158 Å². The first-order valence-corrected chi connectivity index (χ1v) is 9.20. The quantitative estimate of drug-likeness (QED) is 0.796. The van der Waals surface area contributed by atoms with Crippen molar-refractivity contribution in [2.24, 2.45) is 0 Å². The van der Waals surface area contributed by atoms with Crippen molar-refractivity contribution >= 4 is 17.5 Å². The van der Waals surface area contributed by atoms with Crippen LogP contribution >= 0.6 is 0 Å². The monoisotopic (exact) mass is 368 g/mol. The highest BCUT2D eigenvalue weighted by Crippen LogP contribution is 2.30. The average molecular weight is 368 g/mol. The lowest BCUT2D eigenvalue weighted by Gasteiger charge is -2.26. The third-order valence-corrected chi connectivity index (χ3v) is 4.50. The van der Waals surface area contributed by atoms with Gasteiger partial charge >= 0.3 is 11.8 Å². The Balaban J connectivity index is 1.57. The number of anilines is 1. The van der Waals surface area contributed by atoms with Crippen molar-refractivity contribution in [2.45, 2.75) is 32.8 Å². The summed E-state index contributed by atoms with van der Waals surface area (Å²) in [4.78, 5) is 24.5. The van der Waals surface area contributed by atoms with E-state index in [1.54, 1.807) is 0 Å². The van der Waals surface area contributed by atoms with Gasteiger partial charge in [-0.3, -0.25) is 9.59 Å². The van der Waals surface area contributed by atoms with E-state index in [1.807, 2.05) is 56.3 Å². The number of hydrogen-bond donors (Lipinski definition) is 2. The molecule has 1 aliphatic heterocycles. The second-order valence-electron chi connectivity index (χ2n) is 6.32. The van der Waals surface area contributed by atoms with Crippen molar-refractivity contribution in [2.75, 3.05) is 18.5 Å². The molecule has 6 nitrogen and oxygen atoms in total. The maximum Gasteiger partial charge on any atom is 0.313 e. The molecule has 1 heterocycles. The van der Waals surface area contributed by atoms with E-state index in [2.05, 4.69) is 10.6 Å². The second kappa shape index (κ2) is 8.58. The van der Waals surface area contributed by atoms with Gasteiger partial charge in [0.15, 0.2) is 11.5 Å². The number of aryl methyl sites for hydroxylation is 2. The molecule has 2 aromatic rings. The van der Waals surface area contributed by atoms with Gasteiger partial charge in [-0.1, -0.05) is 44.2 Å². The van der Waals surface area contributed by atoms with Crippen LogP contribution in [0.2, 0.25) is 0 Å².